The molecule has 108 valence electrons. The Morgan fingerprint density at radius 3 is 2.63 bits per heavy atom. The van der Waals surface area contributed by atoms with Gasteiger partial charge in [0.25, 0.3) is 0 Å². The van der Waals surface area contributed by atoms with E-state index >= 15 is 0 Å². The normalized spacial score (nSPS) is 12.9. The molecule has 1 unspecified atom stereocenters. The molecular formula is C16H28N2O. The zero-order valence-corrected chi connectivity index (χ0v) is 12.8. The van der Waals surface area contributed by atoms with Crippen molar-refractivity contribution in [3.8, 4) is 0 Å². The predicted octanol–water partition coefficient (Wildman–Crippen LogP) is 3.53. The summed E-state index contributed by atoms with van der Waals surface area (Å²) in [6.07, 6.45) is 2.45. The van der Waals surface area contributed by atoms with Gasteiger partial charge in [0.05, 0.1) is 18.0 Å². The smallest absolute Gasteiger partial charge is 0.0888 e. The Bertz CT molecular complexity index is 352. The van der Waals surface area contributed by atoms with Crippen molar-refractivity contribution < 1.29 is 4.74 Å². The van der Waals surface area contributed by atoms with E-state index in [9.17, 15) is 0 Å². The van der Waals surface area contributed by atoms with Gasteiger partial charge in [-0.1, -0.05) is 40.2 Å². The van der Waals surface area contributed by atoms with Gasteiger partial charge in [0.1, 0.15) is 0 Å². The van der Waals surface area contributed by atoms with Crippen LogP contribution in [0.5, 0.6) is 0 Å². The summed E-state index contributed by atoms with van der Waals surface area (Å²) in [5, 5.41) is 3.38. The molecule has 0 amide bonds. The van der Waals surface area contributed by atoms with Crippen LogP contribution in [0.1, 0.15) is 51.9 Å². The van der Waals surface area contributed by atoms with Crippen LogP contribution in [-0.2, 0) is 17.9 Å². The van der Waals surface area contributed by atoms with E-state index in [2.05, 4.69) is 50.1 Å². The molecule has 1 N–H and O–H groups in total. The van der Waals surface area contributed by atoms with Gasteiger partial charge in [-0.2, -0.15) is 0 Å². The minimum absolute atomic E-state index is 0.483. The number of hydrogen-bond donors (Lipinski definition) is 1. The maximum atomic E-state index is 5.73. The standard InChI is InChI=1S/C16H28N2O/c1-5-7-14(4)11-19-12-16-9-6-8-15(18-16)10-17-13(2)3/h6,8-9,13-14,17H,5,7,10-12H2,1-4H3. The van der Waals surface area contributed by atoms with Crippen LogP contribution in [0.25, 0.3) is 0 Å². The van der Waals surface area contributed by atoms with E-state index in [0.29, 0.717) is 18.6 Å². The molecular weight excluding hydrogens is 236 g/mol. The van der Waals surface area contributed by atoms with Crippen molar-refractivity contribution in [1.29, 1.82) is 0 Å². The van der Waals surface area contributed by atoms with Gasteiger partial charge in [0.2, 0.25) is 0 Å². The monoisotopic (exact) mass is 264 g/mol. The van der Waals surface area contributed by atoms with Crippen molar-refractivity contribution in [2.75, 3.05) is 6.61 Å². The summed E-state index contributed by atoms with van der Waals surface area (Å²) in [7, 11) is 0. The Hall–Kier alpha value is -0.930. The summed E-state index contributed by atoms with van der Waals surface area (Å²) in [5.41, 5.74) is 2.10. The lowest BCUT2D eigenvalue weighted by Gasteiger charge is -2.11. The maximum absolute atomic E-state index is 5.73. The molecule has 1 rings (SSSR count). The second-order valence-electron chi connectivity index (χ2n) is 5.56. The van der Waals surface area contributed by atoms with E-state index in [1.54, 1.807) is 0 Å². The molecule has 0 aromatic carbocycles. The van der Waals surface area contributed by atoms with Crippen molar-refractivity contribution in [3.05, 3.63) is 29.6 Å². The van der Waals surface area contributed by atoms with Crippen LogP contribution in [0, 0.1) is 5.92 Å². The second-order valence-corrected chi connectivity index (χ2v) is 5.56. The molecule has 0 saturated carbocycles. The van der Waals surface area contributed by atoms with E-state index in [-0.39, 0.29) is 0 Å². The molecule has 1 heterocycles. The number of rotatable bonds is 9. The number of pyridine rings is 1. The van der Waals surface area contributed by atoms with E-state index in [0.717, 1.165) is 24.5 Å². The van der Waals surface area contributed by atoms with Gasteiger partial charge >= 0.3 is 0 Å². The first-order valence-electron chi connectivity index (χ1n) is 7.37. The van der Waals surface area contributed by atoms with Gasteiger partial charge in [0, 0.05) is 19.2 Å². The zero-order valence-electron chi connectivity index (χ0n) is 12.8. The highest BCUT2D eigenvalue weighted by Crippen LogP contribution is 2.07. The minimum atomic E-state index is 0.483. The molecule has 0 aliphatic rings. The highest BCUT2D eigenvalue weighted by Gasteiger charge is 2.03. The van der Waals surface area contributed by atoms with E-state index in [1.165, 1.54) is 12.8 Å². The van der Waals surface area contributed by atoms with Crippen LogP contribution in [0.15, 0.2) is 18.2 Å². The number of nitrogens with zero attached hydrogens (tertiary/aromatic N) is 1. The first-order valence-corrected chi connectivity index (χ1v) is 7.37. The quantitative estimate of drug-likeness (QED) is 0.741. The number of aromatic nitrogens is 1. The fourth-order valence-electron chi connectivity index (χ4n) is 1.96. The summed E-state index contributed by atoms with van der Waals surface area (Å²) < 4.78 is 5.73. The second kappa shape index (κ2) is 9.05. The fourth-order valence-corrected chi connectivity index (χ4v) is 1.96. The van der Waals surface area contributed by atoms with E-state index in [4.69, 9.17) is 4.74 Å². The van der Waals surface area contributed by atoms with Crippen LogP contribution in [0.4, 0.5) is 0 Å². The van der Waals surface area contributed by atoms with Crippen LogP contribution in [0.3, 0.4) is 0 Å². The largest absolute Gasteiger partial charge is 0.375 e. The number of hydrogen-bond acceptors (Lipinski definition) is 3. The maximum Gasteiger partial charge on any atom is 0.0888 e. The molecule has 1 atom stereocenters. The molecule has 3 heteroatoms. The fraction of sp³-hybridized carbons (Fsp3) is 0.688. The minimum Gasteiger partial charge on any atom is -0.375 e. The van der Waals surface area contributed by atoms with Crippen molar-refractivity contribution >= 4 is 0 Å². The molecule has 0 radical (unpaired) electrons. The van der Waals surface area contributed by atoms with Crippen molar-refractivity contribution in [2.24, 2.45) is 5.92 Å². The van der Waals surface area contributed by atoms with Crippen LogP contribution in [-0.4, -0.2) is 17.6 Å². The summed E-state index contributed by atoms with van der Waals surface area (Å²) in [6.45, 7) is 11.0. The van der Waals surface area contributed by atoms with E-state index < -0.39 is 0 Å². The third-order valence-electron chi connectivity index (χ3n) is 2.99. The van der Waals surface area contributed by atoms with Crippen molar-refractivity contribution in [3.63, 3.8) is 0 Å². The Morgan fingerprint density at radius 2 is 1.95 bits per heavy atom. The van der Waals surface area contributed by atoms with Gasteiger partial charge in [-0.05, 0) is 24.5 Å². The highest BCUT2D eigenvalue weighted by molar-refractivity contribution is 5.10. The predicted molar refractivity (Wildman–Crippen MR) is 79.9 cm³/mol. The molecule has 0 fully saturated rings. The molecule has 1 aromatic heterocycles. The Morgan fingerprint density at radius 1 is 1.21 bits per heavy atom. The third-order valence-corrected chi connectivity index (χ3v) is 2.99. The molecule has 0 aliphatic heterocycles. The Labute approximate surface area is 117 Å². The molecule has 0 spiro atoms. The lowest BCUT2D eigenvalue weighted by molar-refractivity contribution is 0.0871. The average Bonchev–Trinajstić information content (AvgIpc) is 2.37. The van der Waals surface area contributed by atoms with Gasteiger partial charge in [-0.15, -0.1) is 0 Å². The molecule has 3 nitrogen and oxygen atoms in total. The van der Waals surface area contributed by atoms with Crippen molar-refractivity contribution in [1.82, 2.24) is 10.3 Å². The molecule has 0 saturated heterocycles. The molecule has 0 bridgehead atoms. The molecule has 1 aromatic rings. The van der Waals surface area contributed by atoms with Gasteiger partial charge in [-0.25, -0.2) is 0 Å². The number of nitrogens with one attached hydrogen (secondary N) is 1. The summed E-state index contributed by atoms with van der Waals surface area (Å²) in [5.74, 6) is 0.635. The Balaban J connectivity index is 2.35. The van der Waals surface area contributed by atoms with Crippen LogP contribution in [0.2, 0.25) is 0 Å². The summed E-state index contributed by atoms with van der Waals surface area (Å²) in [4.78, 5) is 4.60. The lowest BCUT2D eigenvalue weighted by Crippen LogP contribution is -2.22. The lowest BCUT2D eigenvalue weighted by atomic mass is 10.1. The third kappa shape index (κ3) is 7.28. The van der Waals surface area contributed by atoms with E-state index in [1.807, 2.05) is 6.07 Å². The zero-order chi connectivity index (χ0) is 14.1. The highest BCUT2D eigenvalue weighted by atomic mass is 16.5. The average molecular weight is 264 g/mol. The van der Waals surface area contributed by atoms with Gasteiger partial charge < -0.3 is 10.1 Å². The molecule has 0 aliphatic carbocycles. The van der Waals surface area contributed by atoms with Gasteiger partial charge in [0.15, 0.2) is 0 Å². The van der Waals surface area contributed by atoms with Gasteiger partial charge in [-0.3, -0.25) is 4.98 Å². The SMILES string of the molecule is CCCC(C)COCc1cccc(CNC(C)C)n1. The number of ether oxygens (including phenoxy) is 1. The van der Waals surface area contributed by atoms with Crippen LogP contribution >= 0.6 is 0 Å². The topological polar surface area (TPSA) is 34.1 Å². The van der Waals surface area contributed by atoms with Crippen LogP contribution < -0.4 is 5.32 Å². The molecule has 19 heavy (non-hydrogen) atoms. The van der Waals surface area contributed by atoms with Crippen molar-refractivity contribution in [2.45, 2.75) is 59.7 Å². The first kappa shape index (κ1) is 16.1. The first-order chi connectivity index (χ1) is 9.11. The Kier molecular flexibility index (Phi) is 7.68. The summed E-state index contributed by atoms with van der Waals surface area (Å²) in [6, 6.07) is 6.62. The summed E-state index contributed by atoms with van der Waals surface area (Å²) >= 11 is 0.